The first-order valence-corrected chi connectivity index (χ1v) is 15.1. The van der Waals surface area contributed by atoms with E-state index in [9.17, 15) is 14.4 Å². The molecule has 0 saturated heterocycles. The number of hydrogen-bond acceptors (Lipinski definition) is 8. The minimum atomic E-state index is -0.752. The summed E-state index contributed by atoms with van der Waals surface area (Å²) in [5, 5.41) is 10.0. The van der Waals surface area contributed by atoms with E-state index in [0.29, 0.717) is 60.1 Å². The lowest BCUT2D eigenvalue weighted by atomic mass is 9.95. The summed E-state index contributed by atoms with van der Waals surface area (Å²) in [6.45, 7) is 4.42. The molecular weight excluding hydrogens is 588 g/mol. The fourth-order valence-electron chi connectivity index (χ4n) is 6.08. The normalized spacial score (nSPS) is 14.3. The average Bonchev–Trinajstić information content (AvgIpc) is 3.33. The maximum Gasteiger partial charge on any atom is 0.246 e. The van der Waals surface area contributed by atoms with Crippen molar-refractivity contribution in [3.8, 4) is 28.4 Å². The molecule has 0 aliphatic heterocycles. The van der Waals surface area contributed by atoms with Crippen LogP contribution >= 0.6 is 0 Å². The van der Waals surface area contributed by atoms with E-state index in [2.05, 4.69) is 20.5 Å². The number of rotatable bonds is 11. The molecule has 11 nitrogen and oxygen atoms in total. The highest BCUT2D eigenvalue weighted by atomic mass is 16.5. The first-order chi connectivity index (χ1) is 22.2. The number of ether oxygens (including phenoxy) is 4. The summed E-state index contributed by atoms with van der Waals surface area (Å²) in [5.41, 5.74) is 4.59. The molecular formula is C35H40N4O7. The Morgan fingerprint density at radius 2 is 1.76 bits per heavy atom. The van der Waals surface area contributed by atoms with Gasteiger partial charge >= 0.3 is 0 Å². The highest BCUT2D eigenvalue weighted by molar-refractivity contribution is 6.04. The molecule has 11 heteroatoms. The van der Waals surface area contributed by atoms with Crippen molar-refractivity contribution < 1.29 is 28.5 Å². The van der Waals surface area contributed by atoms with Crippen molar-refractivity contribution >= 4 is 34.1 Å². The van der Waals surface area contributed by atoms with E-state index in [-0.39, 0.29) is 22.9 Å². The summed E-state index contributed by atoms with van der Waals surface area (Å²) in [4.78, 5) is 39.3. The SMILES string of the molecule is COCCn1ccc2c(NC(=O)C(C)Nc3ccc4c(cc3=O)C(NC(C)=O)CCc3cc(OC)c(OC)c(OC)c3-4)cccc21. The van der Waals surface area contributed by atoms with Gasteiger partial charge in [0.15, 0.2) is 11.5 Å². The zero-order chi connectivity index (χ0) is 33.0. The lowest BCUT2D eigenvalue weighted by Crippen LogP contribution is -2.33. The van der Waals surface area contributed by atoms with Crippen LogP contribution in [0.5, 0.6) is 17.2 Å². The highest BCUT2D eigenvalue weighted by Crippen LogP contribution is 2.50. The molecule has 3 N–H and O–H groups in total. The number of amides is 2. The lowest BCUT2D eigenvalue weighted by Gasteiger charge is -2.19. The van der Waals surface area contributed by atoms with E-state index in [4.69, 9.17) is 18.9 Å². The summed E-state index contributed by atoms with van der Waals surface area (Å²) in [6.07, 6.45) is 3.10. The van der Waals surface area contributed by atoms with Crippen molar-refractivity contribution in [3.05, 3.63) is 76.1 Å². The standard InChI is InChI=1S/C35H40N4O7/c1-20(35(42)38-26-8-7-9-29-24(26)14-15-39(29)16-17-43-3)36-28-13-11-23-25(19-30(28)41)27(37-21(2)40)12-10-22-18-31(44-4)33(45-5)34(46-6)32(22)23/h7-9,11,13-15,18-20,27H,10,12,16-17H2,1-6H3,(H,36,41)(H,37,40)(H,38,42). The lowest BCUT2D eigenvalue weighted by molar-refractivity contribution is -0.119. The van der Waals surface area contributed by atoms with Crippen LogP contribution in [0.3, 0.4) is 0 Å². The summed E-state index contributed by atoms with van der Waals surface area (Å²) < 4.78 is 24.4. The number of methoxy groups -OCH3 is 4. The summed E-state index contributed by atoms with van der Waals surface area (Å²) in [7, 11) is 6.32. The van der Waals surface area contributed by atoms with Crippen molar-refractivity contribution in [2.45, 2.75) is 45.3 Å². The van der Waals surface area contributed by atoms with Gasteiger partial charge in [-0.15, -0.1) is 0 Å². The zero-order valence-electron chi connectivity index (χ0n) is 27.0. The number of nitrogens with zero attached hydrogens (tertiary/aromatic N) is 1. The number of benzene rings is 2. The Morgan fingerprint density at radius 3 is 2.46 bits per heavy atom. The number of fused-ring (bicyclic) bond motifs is 4. The van der Waals surface area contributed by atoms with Gasteiger partial charge < -0.3 is 39.5 Å². The minimum Gasteiger partial charge on any atom is -0.493 e. The van der Waals surface area contributed by atoms with E-state index in [1.54, 1.807) is 34.3 Å². The molecule has 1 aliphatic carbocycles. The van der Waals surface area contributed by atoms with Crippen molar-refractivity contribution in [2.24, 2.45) is 0 Å². The number of anilines is 2. The Balaban J connectivity index is 1.51. The fraction of sp³-hybridized carbons (Fsp3) is 0.343. The minimum absolute atomic E-state index is 0.212. The van der Waals surface area contributed by atoms with Crippen LogP contribution in [-0.4, -0.2) is 57.5 Å². The van der Waals surface area contributed by atoms with Gasteiger partial charge in [0.25, 0.3) is 0 Å². The van der Waals surface area contributed by atoms with E-state index in [1.807, 2.05) is 42.6 Å². The van der Waals surface area contributed by atoms with Crippen LogP contribution in [0.1, 0.15) is 37.4 Å². The van der Waals surface area contributed by atoms with Gasteiger partial charge in [0.2, 0.25) is 23.0 Å². The van der Waals surface area contributed by atoms with Crippen molar-refractivity contribution in [3.63, 3.8) is 0 Å². The van der Waals surface area contributed by atoms with Gasteiger partial charge in [-0.3, -0.25) is 14.4 Å². The van der Waals surface area contributed by atoms with Crippen LogP contribution in [-0.2, 0) is 27.3 Å². The first-order valence-electron chi connectivity index (χ1n) is 15.1. The van der Waals surface area contributed by atoms with E-state index in [1.165, 1.54) is 20.1 Å². The fourth-order valence-corrected chi connectivity index (χ4v) is 6.08. The molecule has 2 unspecified atom stereocenters. The smallest absolute Gasteiger partial charge is 0.246 e. The average molecular weight is 629 g/mol. The maximum absolute atomic E-state index is 13.7. The number of carbonyl (C=O) groups is 2. The molecule has 3 aromatic carbocycles. The Bertz CT molecular complexity index is 1830. The second-order valence-electron chi connectivity index (χ2n) is 11.2. The van der Waals surface area contributed by atoms with Gasteiger partial charge in [-0.1, -0.05) is 12.1 Å². The van der Waals surface area contributed by atoms with E-state index >= 15 is 0 Å². The van der Waals surface area contributed by atoms with Crippen LogP contribution < -0.4 is 35.6 Å². The van der Waals surface area contributed by atoms with Gasteiger partial charge in [-0.05, 0) is 72.9 Å². The van der Waals surface area contributed by atoms with Crippen molar-refractivity contribution in [1.82, 2.24) is 9.88 Å². The summed E-state index contributed by atoms with van der Waals surface area (Å²) in [5.74, 6) is 0.897. The molecule has 2 atom stereocenters. The molecule has 0 fully saturated rings. The summed E-state index contributed by atoms with van der Waals surface area (Å²) in [6, 6.07) is 13.4. The van der Waals surface area contributed by atoms with Crippen LogP contribution in [0.4, 0.5) is 11.4 Å². The topological polar surface area (TPSA) is 129 Å². The molecule has 242 valence electrons. The predicted octanol–water partition coefficient (Wildman–Crippen LogP) is 4.90. The third-order valence-corrected chi connectivity index (χ3v) is 8.29. The van der Waals surface area contributed by atoms with Crippen LogP contribution in [0.15, 0.2) is 59.5 Å². The Kier molecular flexibility index (Phi) is 9.81. The van der Waals surface area contributed by atoms with Crippen LogP contribution in [0, 0.1) is 0 Å². The Labute approximate surface area is 267 Å². The maximum atomic E-state index is 13.7. The van der Waals surface area contributed by atoms with Crippen LogP contribution in [0.2, 0.25) is 0 Å². The number of nitrogens with one attached hydrogen (secondary N) is 3. The van der Waals surface area contributed by atoms with Gasteiger partial charge in [0.05, 0.1) is 50.9 Å². The predicted molar refractivity (Wildman–Crippen MR) is 178 cm³/mol. The van der Waals surface area contributed by atoms with Gasteiger partial charge in [0.1, 0.15) is 6.04 Å². The van der Waals surface area contributed by atoms with E-state index in [0.717, 1.165) is 22.0 Å². The third kappa shape index (κ3) is 6.36. The highest BCUT2D eigenvalue weighted by Gasteiger charge is 2.29. The molecule has 46 heavy (non-hydrogen) atoms. The molecule has 0 spiro atoms. The van der Waals surface area contributed by atoms with E-state index < -0.39 is 12.1 Å². The molecule has 0 radical (unpaired) electrons. The zero-order valence-corrected chi connectivity index (χ0v) is 27.0. The van der Waals surface area contributed by atoms with Gasteiger partial charge in [0, 0.05) is 37.7 Å². The second-order valence-corrected chi connectivity index (χ2v) is 11.2. The molecule has 1 aliphatic rings. The van der Waals surface area contributed by atoms with Crippen molar-refractivity contribution in [2.75, 3.05) is 45.7 Å². The second kappa shape index (κ2) is 13.9. The Hall–Kier alpha value is -5.03. The largest absolute Gasteiger partial charge is 0.493 e. The molecule has 0 bridgehead atoms. The molecule has 5 rings (SSSR count). The van der Waals surface area contributed by atoms with Crippen LogP contribution in [0.25, 0.3) is 22.0 Å². The molecule has 2 amide bonds. The van der Waals surface area contributed by atoms with Crippen molar-refractivity contribution in [1.29, 1.82) is 0 Å². The monoisotopic (exact) mass is 628 g/mol. The quantitative estimate of drug-likeness (QED) is 0.214. The Morgan fingerprint density at radius 1 is 0.978 bits per heavy atom. The molecule has 1 heterocycles. The number of carbonyl (C=O) groups excluding carboxylic acids is 2. The summed E-state index contributed by atoms with van der Waals surface area (Å²) >= 11 is 0. The third-order valence-electron chi connectivity index (χ3n) is 8.29. The van der Waals surface area contributed by atoms with Gasteiger partial charge in [-0.2, -0.15) is 0 Å². The molecule has 4 aromatic rings. The molecule has 0 saturated carbocycles. The first kappa shape index (κ1) is 32.4. The number of aryl methyl sites for hydroxylation is 1. The number of hydrogen-bond donors (Lipinski definition) is 3. The number of aromatic nitrogens is 1. The van der Waals surface area contributed by atoms with Gasteiger partial charge in [-0.25, -0.2) is 0 Å². The molecule has 1 aromatic heterocycles.